The highest BCUT2D eigenvalue weighted by Crippen LogP contribution is 2.32. The molecule has 0 spiro atoms. The number of hydrogen-bond acceptors (Lipinski definition) is 4. The highest BCUT2D eigenvalue weighted by atomic mass is 19.4. The molecule has 0 radical (unpaired) electrons. The van der Waals surface area contributed by atoms with Gasteiger partial charge in [-0.05, 0) is 11.2 Å². The number of aromatic nitrogens is 1. The van der Waals surface area contributed by atoms with E-state index in [9.17, 15) is 18.1 Å². The fraction of sp³-hybridized carbons (Fsp3) is 0.143. The molecule has 0 aromatic carbocycles. The number of nitrogens with zero attached hydrogens (tertiary/aromatic N) is 3. The minimum absolute atomic E-state index is 0.462. The van der Waals surface area contributed by atoms with Gasteiger partial charge in [0.15, 0.2) is 5.69 Å². The van der Waals surface area contributed by atoms with Crippen LogP contribution in [-0.4, -0.2) is 4.98 Å². The first-order valence-electron chi connectivity index (χ1n) is 3.29. The van der Waals surface area contributed by atoms with E-state index in [0.29, 0.717) is 6.07 Å². The fourth-order valence-electron chi connectivity index (χ4n) is 0.809. The van der Waals surface area contributed by atoms with Crippen LogP contribution >= 0.6 is 0 Å². The maximum Gasteiger partial charge on any atom is 0.419 e. The van der Waals surface area contributed by atoms with Crippen LogP contribution in [0.25, 0.3) is 0 Å². The average Bonchev–Trinajstić information content (AvgIpc) is 2.15. The van der Waals surface area contributed by atoms with E-state index < -0.39 is 23.1 Å². The summed E-state index contributed by atoms with van der Waals surface area (Å²) in [5.41, 5.74) is -2.49. The Morgan fingerprint density at radius 2 is 2.14 bits per heavy atom. The third kappa shape index (κ3) is 1.85. The molecule has 0 atom stereocenters. The lowest BCUT2D eigenvalue weighted by molar-refractivity contribution is -0.138. The average molecular weight is 201 g/mol. The maximum atomic E-state index is 12.2. The van der Waals surface area contributed by atoms with Gasteiger partial charge in [-0.3, -0.25) is 0 Å². The molecule has 0 unspecified atom stereocenters. The lowest BCUT2D eigenvalue weighted by Gasteiger charge is -2.06. The van der Waals surface area contributed by atoms with Crippen LogP contribution in [0.4, 0.5) is 18.9 Å². The molecule has 0 saturated heterocycles. The van der Waals surface area contributed by atoms with Crippen molar-refractivity contribution in [3.8, 4) is 6.07 Å². The summed E-state index contributed by atoms with van der Waals surface area (Å²) in [5, 5.41) is 10.6. The quantitative estimate of drug-likeness (QED) is 0.655. The van der Waals surface area contributed by atoms with Gasteiger partial charge in [-0.25, -0.2) is 4.98 Å². The van der Waals surface area contributed by atoms with Gasteiger partial charge in [0.2, 0.25) is 0 Å². The Morgan fingerprint density at radius 1 is 1.50 bits per heavy atom. The molecule has 72 valence electrons. The zero-order chi connectivity index (χ0) is 10.8. The van der Waals surface area contributed by atoms with Crippen LogP contribution in [0.1, 0.15) is 11.3 Å². The molecule has 1 aromatic heterocycles. The standard InChI is InChI=1S/C7H2F3N3O/c8-7(9,10)5-1-4(13-14)3-12-6(5)2-11/h1,3H. The van der Waals surface area contributed by atoms with Crippen LogP contribution in [-0.2, 0) is 6.18 Å². The second-order valence-electron chi connectivity index (χ2n) is 2.29. The summed E-state index contributed by atoms with van der Waals surface area (Å²) in [6, 6.07) is 1.76. The lowest BCUT2D eigenvalue weighted by Crippen LogP contribution is -2.08. The first-order valence-corrected chi connectivity index (χ1v) is 3.29. The predicted molar refractivity (Wildman–Crippen MR) is 39.4 cm³/mol. The van der Waals surface area contributed by atoms with Gasteiger partial charge in [-0.2, -0.15) is 18.4 Å². The molecule has 7 heteroatoms. The van der Waals surface area contributed by atoms with Crippen molar-refractivity contribution in [1.82, 2.24) is 4.98 Å². The number of halogens is 3. The van der Waals surface area contributed by atoms with Gasteiger partial charge < -0.3 is 0 Å². The van der Waals surface area contributed by atoms with E-state index in [-0.39, 0.29) is 0 Å². The first kappa shape index (κ1) is 10.1. The second kappa shape index (κ2) is 3.41. The van der Waals surface area contributed by atoms with Gasteiger partial charge in [0, 0.05) is 0 Å². The van der Waals surface area contributed by atoms with Gasteiger partial charge in [-0.15, -0.1) is 4.91 Å². The molecule has 0 N–H and O–H groups in total. The van der Waals surface area contributed by atoms with Crippen molar-refractivity contribution in [3.05, 3.63) is 28.4 Å². The Labute approximate surface area is 76.0 Å². The topological polar surface area (TPSA) is 66.1 Å². The third-order valence-corrected chi connectivity index (χ3v) is 1.39. The molecule has 14 heavy (non-hydrogen) atoms. The highest BCUT2D eigenvalue weighted by molar-refractivity contribution is 5.44. The summed E-state index contributed by atoms with van der Waals surface area (Å²) in [4.78, 5) is 13.1. The van der Waals surface area contributed by atoms with Crippen LogP contribution in [0, 0.1) is 16.2 Å². The summed E-state index contributed by atoms with van der Waals surface area (Å²) in [5.74, 6) is 0. The molecular formula is C7H2F3N3O. The van der Waals surface area contributed by atoms with Gasteiger partial charge in [0.1, 0.15) is 11.8 Å². The zero-order valence-corrected chi connectivity index (χ0v) is 6.54. The molecule has 0 aliphatic rings. The van der Waals surface area contributed by atoms with Gasteiger partial charge in [0.25, 0.3) is 0 Å². The summed E-state index contributed by atoms with van der Waals surface area (Å²) < 4.78 is 36.7. The molecule has 4 nitrogen and oxygen atoms in total. The summed E-state index contributed by atoms with van der Waals surface area (Å²) in [6.07, 6.45) is -3.90. The van der Waals surface area contributed by atoms with Gasteiger partial charge >= 0.3 is 6.18 Å². The van der Waals surface area contributed by atoms with E-state index in [0.717, 1.165) is 6.20 Å². The van der Waals surface area contributed by atoms with Crippen molar-refractivity contribution in [1.29, 1.82) is 5.26 Å². The van der Waals surface area contributed by atoms with Crippen molar-refractivity contribution >= 4 is 5.69 Å². The summed E-state index contributed by atoms with van der Waals surface area (Å²) in [7, 11) is 0. The number of nitriles is 1. The molecule has 1 aromatic rings. The van der Waals surface area contributed by atoms with Crippen molar-refractivity contribution in [2.75, 3.05) is 0 Å². The Kier molecular flexibility index (Phi) is 2.47. The zero-order valence-electron chi connectivity index (χ0n) is 6.54. The van der Waals surface area contributed by atoms with Crippen molar-refractivity contribution in [3.63, 3.8) is 0 Å². The molecule has 1 heterocycles. The Balaban J connectivity index is 3.38. The number of nitroso groups, excluding NO2 is 1. The fourth-order valence-corrected chi connectivity index (χ4v) is 0.809. The number of rotatable bonds is 1. The Hall–Kier alpha value is -1.97. The third-order valence-electron chi connectivity index (χ3n) is 1.39. The predicted octanol–water partition coefficient (Wildman–Crippen LogP) is 2.37. The SMILES string of the molecule is N#Cc1ncc(N=O)cc1C(F)(F)F. The maximum absolute atomic E-state index is 12.2. The number of hydrogen-bond donors (Lipinski definition) is 0. The van der Waals surface area contributed by atoms with Crippen molar-refractivity contribution < 1.29 is 13.2 Å². The Morgan fingerprint density at radius 3 is 2.57 bits per heavy atom. The summed E-state index contributed by atoms with van der Waals surface area (Å²) >= 11 is 0. The normalized spacial score (nSPS) is 10.7. The van der Waals surface area contributed by atoms with E-state index in [1.165, 1.54) is 6.07 Å². The van der Waals surface area contributed by atoms with Gasteiger partial charge in [-0.1, -0.05) is 0 Å². The van der Waals surface area contributed by atoms with E-state index >= 15 is 0 Å². The smallest absolute Gasteiger partial charge is 0.243 e. The van der Waals surface area contributed by atoms with E-state index in [4.69, 9.17) is 5.26 Å². The molecule has 0 aliphatic carbocycles. The largest absolute Gasteiger partial charge is 0.419 e. The monoisotopic (exact) mass is 201 g/mol. The van der Waals surface area contributed by atoms with Crippen molar-refractivity contribution in [2.24, 2.45) is 5.18 Å². The molecule has 0 fully saturated rings. The summed E-state index contributed by atoms with van der Waals surface area (Å²) in [6.45, 7) is 0. The Bertz CT molecular complexity index is 408. The lowest BCUT2D eigenvalue weighted by atomic mass is 10.2. The van der Waals surface area contributed by atoms with Crippen LogP contribution in [0.15, 0.2) is 17.4 Å². The minimum atomic E-state index is -4.71. The molecule has 1 rings (SSSR count). The highest BCUT2D eigenvalue weighted by Gasteiger charge is 2.34. The van der Waals surface area contributed by atoms with Crippen molar-refractivity contribution in [2.45, 2.75) is 6.18 Å². The number of pyridine rings is 1. The molecular weight excluding hydrogens is 199 g/mol. The van der Waals surface area contributed by atoms with Crippen LogP contribution in [0.3, 0.4) is 0 Å². The molecule has 0 aliphatic heterocycles. The van der Waals surface area contributed by atoms with Crippen LogP contribution in [0.5, 0.6) is 0 Å². The molecule has 0 saturated carbocycles. The van der Waals surface area contributed by atoms with Crippen LogP contribution < -0.4 is 0 Å². The van der Waals surface area contributed by atoms with Crippen LogP contribution in [0.2, 0.25) is 0 Å². The van der Waals surface area contributed by atoms with Gasteiger partial charge in [0.05, 0.1) is 11.8 Å². The molecule has 0 amide bonds. The number of alkyl halides is 3. The second-order valence-corrected chi connectivity index (χ2v) is 2.29. The van der Waals surface area contributed by atoms with E-state index in [1.54, 1.807) is 0 Å². The first-order chi connectivity index (χ1) is 6.49. The van der Waals surface area contributed by atoms with E-state index in [1.807, 2.05) is 0 Å². The minimum Gasteiger partial charge on any atom is -0.243 e. The van der Waals surface area contributed by atoms with E-state index in [2.05, 4.69) is 10.2 Å². The molecule has 0 bridgehead atoms.